The fraction of sp³-hybridized carbons (Fsp3) is 0.286. The number of anilines is 1. The minimum atomic E-state index is -0.216. The lowest BCUT2D eigenvalue weighted by atomic mass is 9.85. The quantitative estimate of drug-likeness (QED) is 0.905. The summed E-state index contributed by atoms with van der Waals surface area (Å²) in [6.07, 6.45) is 1.62. The fourth-order valence-corrected chi connectivity index (χ4v) is 2.26. The summed E-state index contributed by atoms with van der Waals surface area (Å²) in [5.41, 5.74) is 0.961. The van der Waals surface area contributed by atoms with Crippen molar-refractivity contribution in [3.63, 3.8) is 0 Å². The number of aromatic nitrogens is 2. The first-order chi connectivity index (χ1) is 9.01. The van der Waals surface area contributed by atoms with E-state index in [1.807, 2.05) is 12.1 Å². The second kappa shape index (κ2) is 5.48. The van der Waals surface area contributed by atoms with Crippen molar-refractivity contribution in [3.8, 4) is 0 Å². The standard InChI is InChI=1S/C14H16FN3S/c1-4-12-17-13(19-18-12)16-9-14(2,3)10-5-7-11(15)8-6-10/h4-8H,1,9H2,2-3H3,(H,16,17,18). The number of hydrogen-bond acceptors (Lipinski definition) is 4. The lowest BCUT2D eigenvalue weighted by Crippen LogP contribution is -2.27. The van der Waals surface area contributed by atoms with Crippen LogP contribution in [-0.4, -0.2) is 15.9 Å². The van der Waals surface area contributed by atoms with Crippen LogP contribution in [0.4, 0.5) is 9.52 Å². The van der Waals surface area contributed by atoms with E-state index in [9.17, 15) is 4.39 Å². The number of nitrogens with one attached hydrogen (secondary N) is 1. The van der Waals surface area contributed by atoms with E-state index in [1.54, 1.807) is 6.08 Å². The normalized spacial score (nSPS) is 11.3. The van der Waals surface area contributed by atoms with Gasteiger partial charge in [0.2, 0.25) is 5.13 Å². The lowest BCUT2D eigenvalue weighted by molar-refractivity contribution is 0.553. The molecule has 0 bridgehead atoms. The van der Waals surface area contributed by atoms with E-state index in [2.05, 4.69) is 35.1 Å². The van der Waals surface area contributed by atoms with Crippen molar-refractivity contribution in [1.82, 2.24) is 9.36 Å². The van der Waals surface area contributed by atoms with Crippen LogP contribution in [0.5, 0.6) is 0 Å². The summed E-state index contributed by atoms with van der Waals surface area (Å²) in [5, 5.41) is 4.02. The van der Waals surface area contributed by atoms with Crippen molar-refractivity contribution >= 4 is 22.7 Å². The Kier molecular flexibility index (Phi) is 3.95. The number of hydrogen-bond donors (Lipinski definition) is 1. The van der Waals surface area contributed by atoms with Crippen LogP contribution in [0, 0.1) is 5.82 Å². The molecule has 0 aliphatic heterocycles. The molecule has 0 atom stereocenters. The monoisotopic (exact) mass is 277 g/mol. The number of halogens is 1. The highest BCUT2D eigenvalue weighted by Gasteiger charge is 2.20. The summed E-state index contributed by atoms with van der Waals surface area (Å²) in [5.74, 6) is 0.416. The molecule has 1 aromatic heterocycles. The molecule has 5 heteroatoms. The zero-order valence-corrected chi connectivity index (χ0v) is 11.8. The average molecular weight is 277 g/mol. The number of nitrogens with zero attached hydrogens (tertiary/aromatic N) is 2. The molecule has 0 unspecified atom stereocenters. The molecular weight excluding hydrogens is 261 g/mol. The van der Waals surface area contributed by atoms with Crippen LogP contribution in [0.2, 0.25) is 0 Å². The fourth-order valence-electron chi connectivity index (χ4n) is 1.69. The predicted octanol–water partition coefficient (Wildman–Crippen LogP) is 3.71. The molecule has 19 heavy (non-hydrogen) atoms. The predicted molar refractivity (Wildman–Crippen MR) is 77.9 cm³/mol. The van der Waals surface area contributed by atoms with E-state index in [1.165, 1.54) is 23.7 Å². The summed E-state index contributed by atoms with van der Waals surface area (Å²) in [7, 11) is 0. The Morgan fingerprint density at radius 2 is 2.05 bits per heavy atom. The zero-order valence-electron chi connectivity index (χ0n) is 11.0. The van der Waals surface area contributed by atoms with Gasteiger partial charge < -0.3 is 5.32 Å². The van der Waals surface area contributed by atoms with Gasteiger partial charge in [0.1, 0.15) is 5.82 Å². The number of benzene rings is 1. The second-order valence-corrected chi connectivity index (χ2v) is 5.66. The van der Waals surface area contributed by atoms with Gasteiger partial charge in [-0.2, -0.15) is 9.36 Å². The van der Waals surface area contributed by atoms with Crippen LogP contribution >= 0.6 is 11.5 Å². The number of rotatable bonds is 5. The molecule has 3 nitrogen and oxygen atoms in total. The van der Waals surface area contributed by atoms with E-state index in [-0.39, 0.29) is 11.2 Å². The summed E-state index contributed by atoms with van der Waals surface area (Å²) in [6, 6.07) is 6.59. The van der Waals surface area contributed by atoms with Gasteiger partial charge in [0, 0.05) is 23.5 Å². The summed E-state index contributed by atoms with van der Waals surface area (Å²) in [6.45, 7) is 8.53. The summed E-state index contributed by atoms with van der Waals surface area (Å²) < 4.78 is 17.0. The Balaban J connectivity index is 2.04. The highest BCUT2D eigenvalue weighted by Crippen LogP contribution is 2.24. The van der Waals surface area contributed by atoms with Gasteiger partial charge in [-0.05, 0) is 23.8 Å². The SMILES string of the molecule is C=Cc1nsc(NCC(C)(C)c2ccc(F)cc2)n1. The molecule has 1 aromatic carbocycles. The lowest BCUT2D eigenvalue weighted by Gasteiger charge is -2.25. The highest BCUT2D eigenvalue weighted by molar-refractivity contribution is 7.09. The van der Waals surface area contributed by atoms with Gasteiger partial charge in [-0.1, -0.05) is 32.6 Å². The molecule has 0 saturated heterocycles. The van der Waals surface area contributed by atoms with E-state index in [4.69, 9.17) is 0 Å². The van der Waals surface area contributed by atoms with Gasteiger partial charge >= 0.3 is 0 Å². The van der Waals surface area contributed by atoms with Gasteiger partial charge in [0.05, 0.1) is 0 Å². The molecule has 0 amide bonds. The van der Waals surface area contributed by atoms with Crippen molar-refractivity contribution in [2.75, 3.05) is 11.9 Å². The minimum Gasteiger partial charge on any atom is -0.359 e. The van der Waals surface area contributed by atoms with Gasteiger partial charge in [0.15, 0.2) is 5.82 Å². The smallest absolute Gasteiger partial charge is 0.202 e. The third kappa shape index (κ3) is 3.38. The molecule has 100 valence electrons. The maximum absolute atomic E-state index is 12.9. The van der Waals surface area contributed by atoms with Gasteiger partial charge in [-0.15, -0.1) is 0 Å². The maximum atomic E-state index is 12.9. The first-order valence-electron chi connectivity index (χ1n) is 5.97. The molecule has 0 aliphatic rings. The first-order valence-corrected chi connectivity index (χ1v) is 6.75. The summed E-state index contributed by atoms with van der Waals surface area (Å²) >= 11 is 1.31. The maximum Gasteiger partial charge on any atom is 0.202 e. The Hall–Kier alpha value is -1.75. The first kappa shape index (κ1) is 13.7. The van der Waals surface area contributed by atoms with Crippen LogP contribution in [0.25, 0.3) is 6.08 Å². The zero-order chi connectivity index (χ0) is 13.9. The molecule has 0 aliphatic carbocycles. The second-order valence-electron chi connectivity index (χ2n) is 4.91. The largest absolute Gasteiger partial charge is 0.359 e. The van der Waals surface area contributed by atoms with Crippen LogP contribution in [-0.2, 0) is 5.41 Å². The Labute approximate surface area is 116 Å². The van der Waals surface area contributed by atoms with Gasteiger partial charge in [0.25, 0.3) is 0 Å². The van der Waals surface area contributed by atoms with Crippen LogP contribution in [0.1, 0.15) is 25.2 Å². The third-order valence-corrected chi connectivity index (χ3v) is 3.62. The van der Waals surface area contributed by atoms with Gasteiger partial charge in [-0.3, -0.25) is 0 Å². The van der Waals surface area contributed by atoms with E-state index in [0.29, 0.717) is 12.4 Å². The molecule has 0 saturated carbocycles. The molecule has 1 heterocycles. The molecule has 0 spiro atoms. The van der Waals surface area contributed by atoms with E-state index >= 15 is 0 Å². The summed E-state index contributed by atoms with van der Waals surface area (Å²) in [4.78, 5) is 4.26. The van der Waals surface area contributed by atoms with Crippen molar-refractivity contribution in [2.24, 2.45) is 0 Å². The molecule has 2 rings (SSSR count). The van der Waals surface area contributed by atoms with Crippen LogP contribution < -0.4 is 5.32 Å². The van der Waals surface area contributed by atoms with Crippen molar-refractivity contribution < 1.29 is 4.39 Å². The highest BCUT2D eigenvalue weighted by atomic mass is 32.1. The van der Waals surface area contributed by atoms with Crippen molar-refractivity contribution in [3.05, 3.63) is 48.0 Å². The Morgan fingerprint density at radius 3 is 2.63 bits per heavy atom. The molecular formula is C14H16FN3S. The van der Waals surface area contributed by atoms with Crippen molar-refractivity contribution in [1.29, 1.82) is 0 Å². The van der Waals surface area contributed by atoms with Gasteiger partial charge in [-0.25, -0.2) is 4.39 Å². The molecule has 1 N–H and O–H groups in total. The minimum absolute atomic E-state index is 0.117. The van der Waals surface area contributed by atoms with E-state index in [0.717, 1.165) is 10.7 Å². The Bertz CT molecular complexity index is 560. The molecule has 2 aromatic rings. The third-order valence-electron chi connectivity index (χ3n) is 2.93. The van der Waals surface area contributed by atoms with Crippen LogP contribution in [0.15, 0.2) is 30.8 Å². The molecule has 0 radical (unpaired) electrons. The van der Waals surface area contributed by atoms with Crippen molar-refractivity contribution in [2.45, 2.75) is 19.3 Å². The van der Waals surface area contributed by atoms with Crippen LogP contribution in [0.3, 0.4) is 0 Å². The van der Waals surface area contributed by atoms with E-state index < -0.39 is 0 Å². The Morgan fingerprint density at radius 1 is 1.37 bits per heavy atom. The molecule has 0 fully saturated rings. The average Bonchev–Trinajstić information content (AvgIpc) is 2.85. The topological polar surface area (TPSA) is 37.8 Å².